The van der Waals surface area contributed by atoms with Crippen LogP contribution in [0.3, 0.4) is 0 Å². The van der Waals surface area contributed by atoms with Gasteiger partial charge in [0.05, 0.1) is 25.3 Å². The molecule has 172 valence electrons. The number of nitrogens with two attached hydrogens (primary N) is 2. The molecule has 1 aromatic heterocycles. The largest absolute Gasteiger partial charge is 0.480 e. The third-order valence-corrected chi connectivity index (χ3v) is 4.59. The molecule has 1 heterocycles. The molecule has 4 amide bonds. The molecule has 4 unspecified atom stereocenters. The van der Waals surface area contributed by atoms with Crippen molar-refractivity contribution in [3.63, 3.8) is 0 Å². The summed E-state index contributed by atoms with van der Waals surface area (Å²) in [7, 11) is 0. The summed E-state index contributed by atoms with van der Waals surface area (Å²) < 4.78 is 0. The summed E-state index contributed by atoms with van der Waals surface area (Å²) >= 11 is 0. The van der Waals surface area contributed by atoms with Crippen LogP contribution < -0.4 is 27.4 Å². The molecule has 0 aliphatic carbocycles. The number of rotatable bonds is 13. The van der Waals surface area contributed by atoms with Gasteiger partial charge < -0.3 is 37.5 Å². The Morgan fingerprint density at radius 1 is 1.19 bits per heavy atom. The van der Waals surface area contributed by atoms with Crippen molar-refractivity contribution in [1.82, 2.24) is 25.9 Å². The van der Waals surface area contributed by atoms with E-state index in [0.717, 1.165) is 0 Å². The van der Waals surface area contributed by atoms with Crippen LogP contribution in [0.25, 0.3) is 0 Å². The van der Waals surface area contributed by atoms with E-state index in [2.05, 4.69) is 25.9 Å². The number of imidazole rings is 1. The van der Waals surface area contributed by atoms with E-state index in [0.29, 0.717) is 12.1 Å². The first-order valence-electron chi connectivity index (χ1n) is 9.66. The molecule has 0 bridgehead atoms. The van der Waals surface area contributed by atoms with E-state index in [1.807, 2.05) is 0 Å². The standard InChI is InChI=1S/C18H29N7O6/c1-3-9(2)15(18(30)31)25-14(27)7-22-17(29)12(5-13(20)26)24-16(28)11(19)4-10-6-21-8-23-10/h6,8-9,11-12,15H,3-5,7,19H2,1-2H3,(H2,20,26)(H,21,23)(H,22,29)(H,24,28)(H,25,27)(H,30,31). The van der Waals surface area contributed by atoms with Crippen LogP contribution >= 0.6 is 0 Å². The summed E-state index contributed by atoms with van der Waals surface area (Å²) in [6, 6.07) is -3.50. The molecular weight excluding hydrogens is 410 g/mol. The minimum atomic E-state index is -1.35. The average molecular weight is 439 g/mol. The highest BCUT2D eigenvalue weighted by atomic mass is 16.4. The van der Waals surface area contributed by atoms with Crippen LogP contribution in [0.15, 0.2) is 12.5 Å². The molecule has 0 aliphatic rings. The predicted octanol–water partition coefficient (Wildman–Crippen LogP) is -2.63. The van der Waals surface area contributed by atoms with Crippen LogP contribution in [-0.4, -0.2) is 69.3 Å². The fourth-order valence-electron chi connectivity index (χ4n) is 2.61. The summed E-state index contributed by atoms with van der Waals surface area (Å²) in [5, 5.41) is 16.1. The molecule has 0 saturated heterocycles. The van der Waals surface area contributed by atoms with Gasteiger partial charge in [-0.15, -0.1) is 0 Å². The quantitative estimate of drug-likeness (QED) is 0.172. The maximum Gasteiger partial charge on any atom is 0.326 e. The van der Waals surface area contributed by atoms with E-state index in [-0.39, 0.29) is 12.3 Å². The fourth-order valence-corrected chi connectivity index (χ4v) is 2.61. The Bertz CT molecular complexity index is 782. The first-order valence-corrected chi connectivity index (χ1v) is 9.66. The first-order chi connectivity index (χ1) is 14.5. The second-order valence-electron chi connectivity index (χ2n) is 7.11. The molecule has 0 saturated carbocycles. The highest BCUT2D eigenvalue weighted by Gasteiger charge is 2.28. The summed E-state index contributed by atoms with van der Waals surface area (Å²) in [5.74, 6) is -4.65. The van der Waals surface area contributed by atoms with Crippen LogP contribution in [0.1, 0.15) is 32.4 Å². The van der Waals surface area contributed by atoms with Gasteiger partial charge in [0.15, 0.2) is 0 Å². The zero-order valence-corrected chi connectivity index (χ0v) is 17.4. The smallest absolute Gasteiger partial charge is 0.326 e. The molecule has 31 heavy (non-hydrogen) atoms. The van der Waals surface area contributed by atoms with Crippen LogP contribution in [0.5, 0.6) is 0 Å². The molecule has 0 aliphatic heterocycles. The van der Waals surface area contributed by atoms with E-state index in [9.17, 15) is 29.1 Å². The van der Waals surface area contributed by atoms with E-state index in [4.69, 9.17) is 11.5 Å². The Kier molecular flexibility index (Phi) is 10.1. The molecule has 13 heteroatoms. The number of primary amides is 1. The highest BCUT2D eigenvalue weighted by Crippen LogP contribution is 2.07. The van der Waals surface area contributed by atoms with Crippen molar-refractivity contribution in [2.45, 2.75) is 51.2 Å². The Balaban J connectivity index is 2.66. The molecule has 13 nitrogen and oxygen atoms in total. The van der Waals surface area contributed by atoms with Crippen molar-refractivity contribution >= 4 is 29.6 Å². The highest BCUT2D eigenvalue weighted by molar-refractivity contribution is 5.95. The third kappa shape index (κ3) is 8.82. The minimum absolute atomic E-state index is 0.116. The van der Waals surface area contributed by atoms with Gasteiger partial charge in [-0.3, -0.25) is 19.2 Å². The number of carbonyl (C=O) groups excluding carboxylic acids is 4. The van der Waals surface area contributed by atoms with Crippen LogP contribution in [0.4, 0.5) is 0 Å². The van der Waals surface area contributed by atoms with Crippen LogP contribution in [-0.2, 0) is 30.4 Å². The number of carboxylic acids is 1. The molecule has 1 aromatic rings. The van der Waals surface area contributed by atoms with Gasteiger partial charge in [-0.1, -0.05) is 20.3 Å². The zero-order chi connectivity index (χ0) is 23.6. The molecule has 0 spiro atoms. The number of aliphatic carboxylic acids is 1. The fraction of sp³-hybridized carbons (Fsp3) is 0.556. The van der Waals surface area contributed by atoms with Crippen LogP contribution in [0, 0.1) is 5.92 Å². The number of H-pyrrole nitrogens is 1. The van der Waals surface area contributed by atoms with Crippen molar-refractivity contribution < 1.29 is 29.1 Å². The van der Waals surface area contributed by atoms with E-state index in [1.165, 1.54) is 12.5 Å². The summed E-state index contributed by atoms with van der Waals surface area (Å²) in [4.78, 5) is 65.9. The van der Waals surface area contributed by atoms with Gasteiger partial charge in [0.1, 0.15) is 12.1 Å². The maximum atomic E-state index is 12.4. The topological polar surface area (TPSA) is 222 Å². The molecule has 9 N–H and O–H groups in total. The van der Waals surface area contributed by atoms with E-state index in [1.54, 1.807) is 13.8 Å². The van der Waals surface area contributed by atoms with Crippen molar-refractivity contribution in [3.05, 3.63) is 18.2 Å². The number of nitrogens with zero attached hydrogens (tertiary/aromatic N) is 1. The summed E-state index contributed by atoms with van der Waals surface area (Å²) in [6.07, 6.45) is 3.04. The predicted molar refractivity (Wildman–Crippen MR) is 108 cm³/mol. The zero-order valence-electron chi connectivity index (χ0n) is 17.4. The lowest BCUT2D eigenvalue weighted by atomic mass is 9.99. The Morgan fingerprint density at radius 2 is 1.87 bits per heavy atom. The molecule has 4 atom stereocenters. The van der Waals surface area contributed by atoms with Gasteiger partial charge >= 0.3 is 5.97 Å². The summed E-state index contributed by atoms with van der Waals surface area (Å²) in [5.41, 5.74) is 11.5. The monoisotopic (exact) mass is 439 g/mol. The Hall–Kier alpha value is -3.48. The van der Waals surface area contributed by atoms with E-state index < -0.39 is 60.7 Å². The van der Waals surface area contributed by atoms with Gasteiger partial charge in [0.2, 0.25) is 23.6 Å². The van der Waals surface area contributed by atoms with Gasteiger partial charge in [0.25, 0.3) is 0 Å². The first kappa shape index (κ1) is 25.6. The Morgan fingerprint density at radius 3 is 2.39 bits per heavy atom. The number of aromatic nitrogens is 2. The number of aromatic amines is 1. The van der Waals surface area contributed by atoms with E-state index >= 15 is 0 Å². The average Bonchev–Trinajstić information content (AvgIpc) is 3.21. The Labute approximate surface area is 178 Å². The number of carboxylic acid groups (broad SMARTS) is 1. The molecule has 0 fully saturated rings. The van der Waals surface area contributed by atoms with Gasteiger partial charge in [-0.05, 0) is 5.92 Å². The van der Waals surface area contributed by atoms with Crippen molar-refractivity contribution in [3.8, 4) is 0 Å². The lowest BCUT2D eigenvalue weighted by Gasteiger charge is -2.21. The van der Waals surface area contributed by atoms with Crippen molar-refractivity contribution in [2.75, 3.05) is 6.54 Å². The van der Waals surface area contributed by atoms with Crippen molar-refractivity contribution in [2.24, 2.45) is 17.4 Å². The number of hydrogen-bond acceptors (Lipinski definition) is 7. The number of amides is 4. The SMILES string of the molecule is CCC(C)C(NC(=O)CNC(=O)C(CC(N)=O)NC(=O)C(N)Cc1cnc[nH]1)C(=O)O. The minimum Gasteiger partial charge on any atom is -0.480 e. The lowest BCUT2D eigenvalue weighted by Crippen LogP contribution is -2.55. The molecular formula is C18H29N7O6. The normalized spacial score (nSPS) is 14.5. The molecule has 1 rings (SSSR count). The number of nitrogens with one attached hydrogen (secondary N) is 4. The number of carbonyl (C=O) groups is 5. The summed E-state index contributed by atoms with van der Waals surface area (Å²) in [6.45, 7) is 2.90. The van der Waals surface area contributed by atoms with Crippen molar-refractivity contribution in [1.29, 1.82) is 0 Å². The lowest BCUT2D eigenvalue weighted by molar-refractivity contribution is -0.143. The maximum absolute atomic E-state index is 12.4. The molecule has 0 aromatic carbocycles. The molecule has 0 radical (unpaired) electrons. The van der Waals surface area contributed by atoms with Crippen LogP contribution in [0.2, 0.25) is 0 Å². The van der Waals surface area contributed by atoms with Gasteiger partial charge in [0, 0.05) is 18.3 Å². The third-order valence-electron chi connectivity index (χ3n) is 4.59. The number of hydrogen-bond donors (Lipinski definition) is 7. The second-order valence-corrected chi connectivity index (χ2v) is 7.11. The van der Waals surface area contributed by atoms with Gasteiger partial charge in [-0.2, -0.15) is 0 Å². The van der Waals surface area contributed by atoms with Gasteiger partial charge in [-0.25, -0.2) is 9.78 Å². The second kappa shape index (κ2) is 12.3.